The summed E-state index contributed by atoms with van der Waals surface area (Å²) in [5.74, 6) is -1.24. The highest BCUT2D eigenvalue weighted by Crippen LogP contribution is 2.49. The number of carbonyl (C=O) groups is 3. The molecule has 3 fully saturated rings. The number of hydrogen-bond acceptors (Lipinski definition) is 4. The molecule has 1 saturated carbocycles. The Morgan fingerprint density at radius 2 is 1.75 bits per heavy atom. The number of rotatable bonds is 2. The van der Waals surface area contributed by atoms with Gasteiger partial charge in [0.2, 0.25) is 11.8 Å². The molecule has 0 bridgehead atoms. The molecule has 4 atom stereocenters. The molecule has 0 unspecified atom stereocenters. The average molecular weight is 378 g/mol. The van der Waals surface area contributed by atoms with Gasteiger partial charge >= 0.3 is 0 Å². The second-order valence-electron chi connectivity index (χ2n) is 8.76. The number of likely N-dealkylation sites (tertiary alicyclic amines) is 1. The summed E-state index contributed by atoms with van der Waals surface area (Å²) >= 11 is 0. The van der Waals surface area contributed by atoms with E-state index in [1.165, 1.54) is 6.42 Å². The summed E-state index contributed by atoms with van der Waals surface area (Å²) in [5, 5.41) is 0. The van der Waals surface area contributed by atoms with Crippen molar-refractivity contribution in [3.05, 3.63) is 35.4 Å². The van der Waals surface area contributed by atoms with E-state index in [1.54, 1.807) is 11.8 Å². The number of Topliss-reactive ketones (excluding diaryl/α,β-unsaturated/α-hetero) is 1. The highest BCUT2D eigenvalue weighted by atomic mass is 16.2. The highest BCUT2D eigenvalue weighted by molar-refractivity contribution is 6.11. The van der Waals surface area contributed by atoms with E-state index in [9.17, 15) is 14.4 Å². The summed E-state index contributed by atoms with van der Waals surface area (Å²) in [7, 11) is 0. The fourth-order valence-electron chi connectivity index (χ4n) is 5.87. The van der Waals surface area contributed by atoms with E-state index in [2.05, 4.69) is 6.07 Å². The van der Waals surface area contributed by atoms with Gasteiger partial charge in [0.05, 0.1) is 17.9 Å². The Morgan fingerprint density at radius 3 is 2.46 bits per heavy atom. The molecule has 0 aromatic heterocycles. The molecule has 1 aliphatic carbocycles. The van der Waals surface area contributed by atoms with Gasteiger partial charge in [-0.2, -0.15) is 0 Å². The molecule has 146 valence electrons. The molecule has 1 aromatic rings. The highest BCUT2D eigenvalue weighted by Gasteiger charge is 2.64. The summed E-state index contributed by atoms with van der Waals surface area (Å²) in [6.07, 6.45) is 9.17. The van der Waals surface area contributed by atoms with Crippen LogP contribution in [0.4, 0.5) is 5.69 Å². The monoisotopic (exact) mass is 378 g/mol. The molecule has 5 nitrogen and oxygen atoms in total. The molecule has 0 spiro atoms. The van der Waals surface area contributed by atoms with Crippen molar-refractivity contribution in [3.63, 3.8) is 0 Å². The van der Waals surface area contributed by atoms with Crippen molar-refractivity contribution in [1.29, 1.82) is 0 Å². The largest absolute Gasteiger partial charge is 0.353 e. The Labute approximate surface area is 165 Å². The van der Waals surface area contributed by atoms with E-state index in [4.69, 9.17) is 0 Å². The van der Waals surface area contributed by atoms with Crippen molar-refractivity contribution in [2.24, 2.45) is 11.8 Å². The Bertz CT molecular complexity index is 899. The predicted octanol–water partition coefficient (Wildman–Crippen LogP) is 3.10. The lowest BCUT2D eigenvalue weighted by Crippen LogP contribution is -2.50. The number of hydrogen-bond donors (Lipinski definition) is 0. The van der Waals surface area contributed by atoms with Crippen LogP contribution in [0.3, 0.4) is 0 Å². The van der Waals surface area contributed by atoms with Crippen LogP contribution in [-0.2, 0) is 14.4 Å². The number of aryl methyl sites for hydroxylation is 1. The molecular weight excluding hydrogens is 352 g/mol. The Morgan fingerprint density at radius 1 is 1.04 bits per heavy atom. The Hall–Kier alpha value is -2.43. The SMILES string of the molecule is CC(=O)[C@H]1[C@H]2C(=O)N(C3CCCCC3)C(=O)[C@@H]2[C@@H]2C=Cc3cc(C)ccc3N21. The minimum atomic E-state index is -0.563. The van der Waals surface area contributed by atoms with Crippen LogP contribution < -0.4 is 4.90 Å². The fraction of sp³-hybridized carbons (Fsp3) is 0.522. The van der Waals surface area contributed by atoms with E-state index in [1.807, 2.05) is 36.1 Å². The van der Waals surface area contributed by atoms with Gasteiger partial charge in [-0.1, -0.05) is 43.0 Å². The molecule has 0 N–H and O–H groups in total. The minimum absolute atomic E-state index is 0.0166. The molecule has 5 heteroatoms. The summed E-state index contributed by atoms with van der Waals surface area (Å²) in [4.78, 5) is 43.1. The molecule has 2 saturated heterocycles. The van der Waals surface area contributed by atoms with E-state index in [0.29, 0.717) is 0 Å². The number of fused-ring (bicyclic) bond motifs is 5. The summed E-state index contributed by atoms with van der Waals surface area (Å²) in [5.41, 5.74) is 3.15. The van der Waals surface area contributed by atoms with Crippen LogP contribution in [-0.4, -0.2) is 40.6 Å². The van der Waals surface area contributed by atoms with Crippen molar-refractivity contribution in [1.82, 2.24) is 4.90 Å². The zero-order valence-electron chi connectivity index (χ0n) is 16.4. The van der Waals surface area contributed by atoms with Crippen molar-refractivity contribution in [2.75, 3.05) is 4.90 Å². The zero-order valence-corrected chi connectivity index (χ0v) is 16.4. The first-order chi connectivity index (χ1) is 13.5. The van der Waals surface area contributed by atoms with Crippen molar-refractivity contribution in [3.8, 4) is 0 Å². The molecule has 4 aliphatic rings. The first-order valence-electron chi connectivity index (χ1n) is 10.4. The molecule has 5 rings (SSSR count). The third-order valence-electron chi connectivity index (χ3n) is 7.05. The van der Waals surface area contributed by atoms with Gasteiger partial charge in [-0.05, 0) is 44.4 Å². The zero-order chi connectivity index (χ0) is 19.6. The molecule has 3 aliphatic heterocycles. The molecule has 1 aromatic carbocycles. The lowest BCUT2D eigenvalue weighted by Gasteiger charge is -2.37. The summed E-state index contributed by atoms with van der Waals surface area (Å²) in [6.45, 7) is 3.59. The topological polar surface area (TPSA) is 57.7 Å². The van der Waals surface area contributed by atoms with Crippen LogP contribution in [0, 0.1) is 18.8 Å². The molecule has 3 heterocycles. The lowest BCUT2D eigenvalue weighted by atomic mass is 9.88. The number of carbonyl (C=O) groups excluding carboxylic acids is 3. The minimum Gasteiger partial charge on any atom is -0.353 e. The third kappa shape index (κ3) is 2.34. The van der Waals surface area contributed by atoms with Crippen molar-refractivity contribution in [2.45, 2.75) is 64.1 Å². The number of ketones is 1. The number of nitrogens with zero attached hydrogens (tertiary/aromatic N) is 2. The van der Waals surface area contributed by atoms with Crippen LogP contribution in [0.15, 0.2) is 24.3 Å². The van der Waals surface area contributed by atoms with Gasteiger partial charge < -0.3 is 4.90 Å². The molecule has 2 amide bonds. The third-order valence-corrected chi connectivity index (χ3v) is 7.05. The lowest BCUT2D eigenvalue weighted by molar-refractivity contribution is -0.144. The van der Waals surface area contributed by atoms with Gasteiger partial charge in [0, 0.05) is 11.7 Å². The van der Waals surface area contributed by atoms with Crippen LogP contribution >= 0.6 is 0 Å². The van der Waals surface area contributed by atoms with Crippen LogP contribution in [0.25, 0.3) is 6.08 Å². The number of imide groups is 1. The molecule has 28 heavy (non-hydrogen) atoms. The summed E-state index contributed by atoms with van der Waals surface area (Å²) < 4.78 is 0. The van der Waals surface area contributed by atoms with Gasteiger partial charge in [-0.15, -0.1) is 0 Å². The summed E-state index contributed by atoms with van der Waals surface area (Å²) in [6, 6.07) is 5.36. The van der Waals surface area contributed by atoms with E-state index >= 15 is 0 Å². The smallest absolute Gasteiger partial charge is 0.236 e. The molecule has 0 radical (unpaired) electrons. The average Bonchev–Trinajstić information content (AvgIpc) is 3.15. The maximum atomic E-state index is 13.4. The van der Waals surface area contributed by atoms with Crippen LogP contribution in [0.2, 0.25) is 0 Å². The first kappa shape index (κ1) is 17.7. The maximum Gasteiger partial charge on any atom is 0.236 e. The maximum absolute atomic E-state index is 13.4. The fourth-order valence-corrected chi connectivity index (χ4v) is 5.87. The Kier molecular flexibility index (Phi) is 3.97. The molecular formula is C23H26N2O3. The standard InChI is InChI=1S/C23H26N2O3/c1-13-8-10-17-15(12-13)9-11-18-19-20(21(14(2)26)25(17)18)23(28)24(22(19)27)16-6-4-3-5-7-16/h8-12,16,18-21H,3-7H2,1-2H3/t18-,19+,20-,21-/m0/s1. The number of benzene rings is 1. The van der Waals surface area contributed by atoms with Gasteiger partial charge in [0.25, 0.3) is 0 Å². The van der Waals surface area contributed by atoms with Gasteiger partial charge in [-0.25, -0.2) is 0 Å². The van der Waals surface area contributed by atoms with Gasteiger partial charge in [0.15, 0.2) is 5.78 Å². The van der Waals surface area contributed by atoms with Crippen molar-refractivity contribution < 1.29 is 14.4 Å². The normalized spacial score (nSPS) is 31.8. The number of anilines is 1. The second kappa shape index (κ2) is 6.29. The van der Waals surface area contributed by atoms with Crippen LogP contribution in [0.1, 0.15) is 50.2 Å². The van der Waals surface area contributed by atoms with E-state index in [-0.39, 0.29) is 29.7 Å². The van der Waals surface area contributed by atoms with E-state index < -0.39 is 17.9 Å². The quantitative estimate of drug-likeness (QED) is 0.742. The van der Waals surface area contributed by atoms with Gasteiger partial charge in [-0.3, -0.25) is 19.3 Å². The number of amides is 2. The first-order valence-corrected chi connectivity index (χ1v) is 10.4. The Balaban J connectivity index is 1.57. The van der Waals surface area contributed by atoms with Gasteiger partial charge in [0.1, 0.15) is 6.04 Å². The van der Waals surface area contributed by atoms with Crippen LogP contribution in [0.5, 0.6) is 0 Å². The predicted molar refractivity (Wildman–Crippen MR) is 107 cm³/mol. The van der Waals surface area contributed by atoms with Crippen molar-refractivity contribution >= 4 is 29.4 Å². The second-order valence-corrected chi connectivity index (χ2v) is 8.76. The van der Waals surface area contributed by atoms with E-state index in [0.717, 1.165) is 42.5 Å².